The van der Waals surface area contributed by atoms with Crippen molar-refractivity contribution in [3.63, 3.8) is 0 Å². The summed E-state index contributed by atoms with van der Waals surface area (Å²) in [5.41, 5.74) is 5.89. The van der Waals surface area contributed by atoms with Gasteiger partial charge in [0.25, 0.3) is 0 Å². The zero-order chi connectivity index (χ0) is 10.7. The van der Waals surface area contributed by atoms with E-state index < -0.39 is 12.0 Å². The van der Waals surface area contributed by atoms with Crippen LogP contribution in [0.5, 0.6) is 0 Å². The normalized spacial score (nSPS) is 12.1. The van der Waals surface area contributed by atoms with E-state index in [1.54, 1.807) is 0 Å². The number of carbonyl (C=O) groups is 2. The molecule has 0 radical (unpaired) electrons. The van der Waals surface area contributed by atoms with Gasteiger partial charge in [0.05, 0.1) is 6.04 Å². The first-order valence-corrected chi connectivity index (χ1v) is 3.97. The number of aromatic nitrogens is 1. The summed E-state index contributed by atoms with van der Waals surface area (Å²) in [4.78, 5) is 25.1. The highest BCUT2D eigenvalue weighted by atomic mass is 16.4. The van der Waals surface area contributed by atoms with E-state index in [-0.39, 0.29) is 11.5 Å². The number of hydrogen-bond donors (Lipinski definition) is 2. The SMILES string of the molecule is CC(=O)C(N)c1ccnc(C(=O)O)c1. The van der Waals surface area contributed by atoms with E-state index in [9.17, 15) is 9.59 Å². The highest BCUT2D eigenvalue weighted by Gasteiger charge is 2.13. The van der Waals surface area contributed by atoms with Gasteiger partial charge < -0.3 is 10.8 Å². The summed E-state index contributed by atoms with van der Waals surface area (Å²) >= 11 is 0. The van der Waals surface area contributed by atoms with Crippen molar-refractivity contribution in [2.75, 3.05) is 0 Å². The van der Waals surface area contributed by atoms with E-state index in [1.807, 2.05) is 0 Å². The quantitative estimate of drug-likeness (QED) is 0.725. The molecule has 74 valence electrons. The van der Waals surface area contributed by atoms with Crippen LogP contribution in [0.1, 0.15) is 29.0 Å². The van der Waals surface area contributed by atoms with E-state index in [0.29, 0.717) is 5.56 Å². The Labute approximate surface area is 80.6 Å². The fourth-order valence-electron chi connectivity index (χ4n) is 0.992. The molecule has 1 rings (SSSR count). The number of Topliss-reactive ketones (excluding diaryl/α,β-unsaturated/α-hetero) is 1. The van der Waals surface area contributed by atoms with Crippen molar-refractivity contribution >= 4 is 11.8 Å². The highest BCUT2D eigenvalue weighted by molar-refractivity contribution is 5.87. The third kappa shape index (κ3) is 2.14. The van der Waals surface area contributed by atoms with E-state index in [4.69, 9.17) is 10.8 Å². The zero-order valence-corrected chi connectivity index (χ0v) is 7.60. The Morgan fingerprint density at radius 1 is 1.57 bits per heavy atom. The van der Waals surface area contributed by atoms with Crippen LogP contribution in [0.25, 0.3) is 0 Å². The molecule has 1 aromatic rings. The average molecular weight is 194 g/mol. The predicted molar refractivity (Wildman–Crippen MR) is 48.8 cm³/mol. The third-order valence-corrected chi connectivity index (χ3v) is 1.80. The Kier molecular flexibility index (Phi) is 2.93. The summed E-state index contributed by atoms with van der Waals surface area (Å²) in [5, 5.41) is 8.64. The standard InChI is InChI=1S/C9H10N2O3/c1-5(12)8(10)6-2-3-11-7(4-6)9(13)14/h2-4,8H,10H2,1H3,(H,13,14). The number of carboxylic acid groups (broad SMARTS) is 1. The summed E-state index contributed by atoms with van der Waals surface area (Å²) in [7, 11) is 0. The number of nitrogens with two attached hydrogens (primary N) is 1. The predicted octanol–water partition coefficient (Wildman–Crippen LogP) is 0.369. The number of carboxylic acids is 1. The molecule has 14 heavy (non-hydrogen) atoms. The minimum atomic E-state index is -1.14. The van der Waals surface area contributed by atoms with Gasteiger partial charge in [0.15, 0.2) is 5.78 Å². The summed E-state index contributed by atoms with van der Waals surface area (Å²) in [6, 6.07) is 2.04. The second-order valence-electron chi connectivity index (χ2n) is 2.87. The number of hydrogen-bond acceptors (Lipinski definition) is 4. The zero-order valence-electron chi connectivity index (χ0n) is 7.60. The Bertz CT molecular complexity index is 376. The molecule has 0 aliphatic rings. The summed E-state index contributed by atoms with van der Waals surface area (Å²) < 4.78 is 0. The van der Waals surface area contributed by atoms with Crippen molar-refractivity contribution in [3.05, 3.63) is 29.6 Å². The van der Waals surface area contributed by atoms with Crippen molar-refractivity contribution < 1.29 is 14.7 Å². The van der Waals surface area contributed by atoms with Crippen LogP contribution in [0.2, 0.25) is 0 Å². The van der Waals surface area contributed by atoms with Crippen LogP contribution in [0.4, 0.5) is 0 Å². The minimum absolute atomic E-state index is 0.112. The Hall–Kier alpha value is -1.75. The smallest absolute Gasteiger partial charge is 0.354 e. The minimum Gasteiger partial charge on any atom is -0.477 e. The molecule has 1 heterocycles. The molecule has 0 aromatic carbocycles. The second-order valence-corrected chi connectivity index (χ2v) is 2.87. The lowest BCUT2D eigenvalue weighted by atomic mass is 10.1. The lowest BCUT2D eigenvalue weighted by molar-refractivity contribution is -0.118. The van der Waals surface area contributed by atoms with Gasteiger partial charge in [-0.05, 0) is 24.6 Å². The number of nitrogens with zero attached hydrogens (tertiary/aromatic N) is 1. The number of pyridine rings is 1. The van der Waals surface area contributed by atoms with Gasteiger partial charge in [0.1, 0.15) is 5.69 Å². The molecule has 3 N–H and O–H groups in total. The van der Waals surface area contributed by atoms with Gasteiger partial charge >= 0.3 is 5.97 Å². The monoisotopic (exact) mass is 194 g/mol. The molecule has 0 aliphatic heterocycles. The maximum Gasteiger partial charge on any atom is 0.354 e. The molecular weight excluding hydrogens is 184 g/mol. The maximum atomic E-state index is 10.9. The summed E-state index contributed by atoms with van der Waals surface area (Å²) in [6.45, 7) is 1.35. The van der Waals surface area contributed by atoms with Gasteiger partial charge in [-0.1, -0.05) is 0 Å². The molecule has 0 fully saturated rings. The van der Waals surface area contributed by atoms with Gasteiger partial charge in [0.2, 0.25) is 0 Å². The van der Waals surface area contributed by atoms with E-state index >= 15 is 0 Å². The number of rotatable bonds is 3. The molecule has 1 aromatic heterocycles. The Balaban J connectivity index is 3.05. The fourth-order valence-corrected chi connectivity index (χ4v) is 0.992. The lowest BCUT2D eigenvalue weighted by Crippen LogP contribution is -2.19. The molecule has 0 saturated heterocycles. The number of ketones is 1. The van der Waals surface area contributed by atoms with Crippen molar-refractivity contribution in [1.29, 1.82) is 0 Å². The molecule has 5 nitrogen and oxygen atoms in total. The highest BCUT2D eigenvalue weighted by Crippen LogP contribution is 2.11. The van der Waals surface area contributed by atoms with Gasteiger partial charge in [-0.25, -0.2) is 9.78 Å². The van der Waals surface area contributed by atoms with Crippen molar-refractivity contribution in [1.82, 2.24) is 4.98 Å². The molecule has 1 unspecified atom stereocenters. The van der Waals surface area contributed by atoms with Crippen LogP contribution < -0.4 is 5.73 Å². The van der Waals surface area contributed by atoms with Crippen LogP contribution in [0, 0.1) is 0 Å². The van der Waals surface area contributed by atoms with Crippen LogP contribution in [-0.4, -0.2) is 21.8 Å². The lowest BCUT2D eigenvalue weighted by Gasteiger charge is -2.07. The molecule has 1 atom stereocenters. The number of carbonyl (C=O) groups excluding carboxylic acids is 1. The largest absolute Gasteiger partial charge is 0.477 e. The second kappa shape index (κ2) is 3.97. The van der Waals surface area contributed by atoms with E-state index in [2.05, 4.69) is 4.98 Å². The van der Waals surface area contributed by atoms with Crippen molar-refractivity contribution in [3.8, 4) is 0 Å². The maximum absolute atomic E-state index is 10.9. The Morgan fingerprint density at radius 2 is 2.21 bits per heavy atom. The van der Waals surface area contributed by atoms with Crippen LogP contribution in [-0.2, 0) is 4.79 Å². The molecule has 0 spiro atoms. The molecule has 0 bridgehead atoms. The topological polar surface area (TPSA) is 93.3 Å². The third-order valence-electron chi connectivity index (χ3n) is 1.80. The van der Waals surface area contributed by atoms with Crippen molar-refractivity contribution in [2.45, 2.75) is 13.0 Å². The molecule has 0 aliphatic carbocycles. The summed E-state index contributed by atoms with van der Waals surface area (Å²) in [6.07, 6.45) is 1.32. The molecule has 0 saturated carbocycles. The summed E-state index contributed by atoms with van der Waals surface area (Å²) in [5.74, 6) is -1.35. The fraction of sp³-hybridized carbons (Fsp3) is 0.222. The average Bonchev–Trinajstić information content (AvgIpc) is 2.16. The van der Waals surface area contributed by atoms with Gasteiger partial charge in [0, 0.05) is 6.20 Å². The number of aromatic carboxylic acids is 1. The first-order valence-electron chi connectivity index (χ1n) is 3.97. The molecular formula is C9H10N2O3. The van der Waals surface area contributed by atoms with Gasteiger partial charge in [-0.15, -0.1) is 0 Å². The first kappa shape index (κ1) is 10.3. The van der Waals surface area contributed by atoms with Gasteiger partial charge in [-0.2, -0.15) is 0 Å². The van der Waals surface area contributed by atoms with Crippen LogP contribution in [0.15, 0.2) is 18.3 Å². The Morgan fingerprint density at radius 3 is 2.71 bits per heavy atom. The van der Waals surface area contributed by atoms with Gasteiger partial charge in [-0.3, -0.25) is 4.79 Å². The molecule has 0 amide bonds. The molecule has 5 heteroatoms. The van der Waals surface area contributed by atoms with E-state index in [0.717, 1.165) is 0 Å². The van der Waals surface area contributed by atoms with Crippen molar-refractivity contribution in [2.24, 2.45) is 5.73 Å². The van der Waals surface area contributed by atoms with Crippen LogP contribution >= 0.6 is 0 Å². The van der Waals surface area contributed by atoms with Crippen LogP contribution in [0.3, 0.4) is 0 Å². The first-order chi connectivity index (χ1) is 6.52. The van der Waals surface area contributed by atoms with E-state index in [1.165, 1.54) is 25.3 Å².